The smallest absolute Gasteiger partial charge is 0.302 e. The molecule has 10 heteroatoms. The van der Waals surface area contributed by atoms with E-state index in [9.17, 15) is 26.4 Å². The molecule has 0 bridgehead atoms. The van der Waals surface area contributed by atoms with E-state index in [2.05, 4.69) is 5.43 Å². The molecule has 2 amide bonds. The van der Waals surface area contributed by atoms with E-state index in [-0.39, 0.29) is 0 Å². The van der Waals surface area contributed by atoms with Crippen molar-refractivity contribution in [3.63, 3.8) is 0 Å². The number of rotatable bonds is 2. The van der Waals surface area contributed by atoms with Crippen molar-refractivity contribution in [3.05, 3.63) is 42.1 Å². The number of carbonyl (C=O) groups is 1. The summed E-state index contributed by atoms with van der Waals surface area (Å²) in [7, 11) is -4.66. The Labute approximate surface area is 124 Å². The number of hydrogen-bond donors (Lipinski definition) is 2. The Bertz CT molecular complexity index is 716. The number of benzene rings is 1. The van der Waals surface area contributed by atoms with Crippen molar-refractivity contribution in [2.24, 2.45) is 0 Å². The molecule has 0 radical (unpaired) electrons. The maximum absolute atomic E-state index is 12.9. The standard InChI is InChI=1S/C12H12F3N3O3S/c1-8-6-7-16-18(8)11(19)17-22(20,21)10-5-3-2-4-9(10)12(13,14)15/h2-8,16H,1H3,(H,17,19). The van der Waals surface area contributed by atoms with Gasteiger partial charge in [-0.1, -0.05) is 12.1 Å². The van der Waals surface area contributed by atoms with Crippen molar-refractivity contribution in [1.82, 2.24) is 15.2 Å². The van der Waals surface area contributed by atoms with Crippen LogP contribution in [0.15, 0.2) is 41.4 Å². The van der Waals surface area contributed by atoms with Gasteiger partial charge in [-0.3, -0.25) is 0 Å². The second-order valence-electron chi connectivity index (χ2n) is 4.50. The van der Waals surface area contributed by atoms with Gasteiger partial charge in [-0.05, 0) is 25.1 Å². The predicted octanol–water partition coefficient (Wildman–Crippen LogP) is 1.83. The Morgan fingerprint density at radius 2 is 1.95 bits per heavy atom. The Kier molecular flexibility index (Phi) is 4.05. The van der Waals surface area contributed by atoms with Crippen LogP contribution >= 0.6 is 0 Å². The number of hydrazine groups is 1. The summed E-state index contributed by atoms with van der Waals surface area (Å²) in [5, 5.41) is 0.938. The van der Waals surface area contributed by atoms with Crippen LogP contribution in [-0.2, 0) is 16.2 Å². The summed E-state index contributed by atoms with van der Waals surface area (Å²) in [6.07, 6.45) is -1.86. The Morgan fingerprint density at radius 1 is 1.32 bits per heavy atom. The number of nitrogens with one attached hydrogen (secondary N) is 2. The molecular formula is C12H12F3N3O3S. The van der Waals surface area contributed by atoms with Crippen molar-refractivity contribution in [2.75, 3.05) is 0 Å². The molecule has 1 aliphatic rings. The van der Waals surface area contributed by atoms with Crippen molar-refractivity contribution in [3.8, 4) is 0 Å². The monoisotopic (exact) mass is 335 g/mol. The molecule has 1 aliphatic heterocycles. The molecule has 120 valence electrons. The molecule has 1 aromatic rings. The maximum Gasteiger partial charge on any atom is 0.417 e. The van der Waals surface area contributed by atoms with E-state index in [1.165, 1.54) is 6.20 Å². The Hall–Kier alpha value is -2.23. The minimum absolute atomic E-state index is 0.437. The number of nitrogens with zero attached hydrogens (tertiary/aromatic N) is 1. The van der Waals surface area contributed by atoms with Gasteiger partial charge in [0.15, 0.2) is 0 Å². The number of halogens is 3. The maximum atomic E-state index is 12.9. The molecule has 0 fully saturated rings. The zero-order valence-corrected chi connectivity index (χ0v) is 12.1. The summed E-state index contributed by atoms with van der Waals surface area (Å²) in [4.78, 5) is 10.9. The van der Waals surface area contributed by atoms with E-state index in [1.807, 2.05) is 0 Å². The van der Waals surface area contributed by atoms with Crippen molar-refractivity contribution >= 4 is 16.1 Å². The highest BCUT2D eigenvalue weighted by Crippen LogP contribution is 2.33. The average Bonchev–Trinajstić information content (AvgIpc) is 2.83. The Balaban J connectivity index is 2.30. The quantitative estimate of drug-likeness (QED) is 0.864. The van der Waals surface area contributed by atoms with Crippen LogP contribution < -0.4 is 10.1 Å². The lowest BCUT2D eigenvalue weighted by atomic mass is 10.2. The number of hydrogen-bond acceptors (Lipinski definition) is 4. The molecule has 1 aromatic carbocycles. The van der Waals surface area contributed by atoms with Gasteiger partial charge < -0.3 is 5.43 Å². The van der Waals surface area contributed by atoms with Gasteiger partial charge in [0.05, 0.1) is 16.5 Å². The van der Waals surface area contributed by atoms with Crippen molar-refractivity contribution in [2.45, 2.75) is 24.0 Å². The van der Waals surface area contributed by atoms with Gasteiger partial charge in [-0.25, -0.2) is 22.9 Å². The lowest BCUT2D eigenvalue weighted by Gasteiger charge is -2.22. The molecule has 2 N–H and O–H groups in total. The van der Waals surface area contributed by atoms with Gasteiger partial charge in [0.25, 0.3) is 10.0 Å². The molecule has 0 aromatic heterocycles. The summed E-state index contributed by atoms with van der Waals surface area (Å²) < 4.78 is 64.4. The largest absolute Gasteiger partial charge is 0.417 e. The molecule has 0 saturated carbocycles. The van der Waals surface area contributed by atoms with E-state index in [1.54, 1.807) is 17.7 Å². The van der Waals surface area contributed by atoms with Crippen LogP contribution in [0.3, 0.4) is 0 Å². The summed E-state index contributed by atoms with van der Waals surface area (Å²) >= 11 is 0. The molecule has 1 heterocycles. The highest BCUT2D eigenvalue weighted by molar-refractivity contribution is 7.90. The highest BCUT2D eigenvalue weighted by Gasteiger charge is 2.38. The minimum Gasteiger partial charge on any atom is -0.302 e. The molecule has 6 nitrogen and oxygen atoms in total. The Morgan fingerprint density at radius 3 is 2.50 bits per heavy atom. The van der Waals surface area contributed by atoms with Gasteiger partial charge in [-0.15, -0.1) is 0 Å². The fraction of sp³-hybridized carbons (Fsp3) is 0.250. The molecule has 0 spiro atoms. The first-order valence-electron chi connectivity index (χ1n) is 6.08. The zero-order chi connectivity index (χ0) is 16.5. The van der Waals surface area contributed by atoms with Crippen LogP contribution in [0.25, 0.3) is 0 Å². The zero-order valence-electron chi connectivity index (χ0n) is 11.3. The van der Waals surface area contributed by atoms with Gasteiger partial charge in [0.2, 0.25) is 0 Å². The summed E-state index contributed by atoms with van der Waals surface area (Å²) in [5.74, 6) is 0. The van der Waals surface area contributed by atoms with Gasteiger partial charge in [-0.2, -0.15) is 13.2 Å². The molecule has 0 aliphatic carbocycles. The van der Waals surface area contributed by atoms with Gasteiger partial charge in [0.1, 0.15) is 0 Å². The van der Waals surface area contributed by atoms with E-state index < -0.39 is 38.7 Å². The van der Waals surface area contributed by atoms with E-state index in [0.717, 1.165) is 23.2 Å². The second-order valence-corrected chi connectivity index (χ2v) is 6.15. The van der Waals surface area contributed by atoms with Gasteiger partial charge in [0, 0.05) is 6.20 Å². The number of sulfonamides is 1. The highest BCUT2D eigenvalue weighted by atomic mass is 32.2. The van der Waals surface area contributed by atoms with Crippen LogP contribution in [0.5, 0.6) is 0 Å². The first-order chi connectivity index (χ1) is 10.1. The van der Waals surface area contributed by atoms with E-state index in [4.69, 9.17) is 0 Å². The number of urea groups is 1. The van der Waals surface area contributed by atoms with E-state index in [0.29, 0.717) is 6.07 Å². The van der Waals surface area contributed by atoms with Crippen molar-refractivity contribution in [1.29, 1.82) is 0 Å². The molecule has 1 atom stereocenters. The molecule has 2 rings (SSSR count). The molecule has 22 heavy (non-hydrogen) atoms. The average molecular weight is 335 g/mol. The lowest BCUT2D eigenvalue weighted by Crippen LogP contribution is -2.49. The first kappa shape index (κ1) is 16.1. The van der Waals surface area contributed by atoms with Crippen LogP contribution in [0.4, 0.5) is 18.0 Å². The molecule has 0 saturated heterocycles. The normalized spacial score (nSPS) is 18.2. The fourth-order valence-electron chi connectivity index (χ4n) is 1.86. The number of carbonyl (C=O) groups excluding carboxylic acids is 1. The fourth-order valence-corrected chi connectivity index (χ4v) is 3.03. The number of amides is 2. The molecular weight excluding hydrogens is 323 g/mol. The predicted molar refractivity (Wildman–Crippen MR) is 70.7 cm³/mol. The third-order valence-corrected chi connectivity index (χ3v) is 4.30. The van der Waals surface area contributed by atoms with Crippen LogP contribution in [0.2, 0.25) is 0 Å². The topological polar surface area (TPSA) is 78.5 Å². The molecule has 1 unspecified atom stereocenters. The summed E-state index contributed by atoms with van der Waals surface area (Å²) in [6.45, 7) is 1.60. The minimum atomic E-state index is -4.85. The third kappa shape index (κ3) is 3.16. The summed E-state index contributed by atoms with van der Waals surface area (Å²) in [5.41, 5.74) is 1.14. The van der Waals surface area contributed by atoms with E-state index >= 15 is 0 Å². The first-order valence-corrected chi connectivity index (χ1v) is 7.56. The SMILES string of the molecule is CC1C=CNN1C(=O)NS(=O)(=O)c1ccccc1C(F)(F)F. The van der Waals surface area contributed by atoms with Gasteiger partial charge >= 0.3 is 12.2 Å². The number of alkyl halides is 3. The van der Waals surface area contributed by atoms with Crippen molar-refractivity contribution < 1.29 is 26.4 Å². The lowest BCUT2D eigenvalue weighted by molar-refractivity contribution is -0.139. The van der Waals surface area contributed by atoms with Crippen LogP contribution in [0.1, 0.15) is 12.5 Å². The summed E-state index contributed by atoms with van der Waals surface area (Å²) in [6, 6.07) is 2.13. The third-order valence-electron chi connectivity index (χ3n) is 2.92. The van der Waals surface area contributed by atoms with Crippen LogP contribution in [0, 0.1) is 0 Å². The second kappa shape index (κ2) is 5.52. The van der Waals surface area contributed by atoms with Crippen LogP contribution in [-0.4, -0.2) is 25.5 Å².